The van der Waals surface area contributed by atoms with E-state index < -0.39 is 0 Å². The quantitative estimate of drug-likeness (QED) is 0.511. The molecule has 0 spiro atoms. The number of hydrogen-bond acceptors (Lipinski definition) is 4. The maximum Gasteiger partial charge on any atom is 0.216 e. The first kappa shape index (κ1) is 15.1. The van der Waals surface area contributed by atoms with Gasteiger partial charge in [-0.3, -0.25) is 4.90 Å². The Morgan fingerprint density at radius 2 is 1.83 bits per heavy atom. The van der Waals surface area contributed by atoms with Gasteiger partial charge >= 0.3 is 0 Å². The van der Waals surface area contributed by atoms with Crippen LogP contribution in [-0.2, 0) is 6.54 Å². The summed E-state index contributed by atoms with van der Waals surface area (Å²) in [6.45, 7) is 2.17. The molecule has 2 aromatic carbocycles. The number of aryl methyl sites for hydroxylation is 1. The number of benzene rings is 2. The summed E-state index contributed by atoms with van der Waals surface area (Å²) in [5.74, 6) is 1.19. The van der Waals surface area contributed by atoms with Crippen LogP contribution in [-0.4, -0.2) is 4.98 Å². The van der Waals surface area contributed by atoms with Gasteiger partial charge in [-0.1, -0.05) is 29.8 Å². The molecule has 5 heteroatoms. The lowest BCUT2D eigenvalue weighted by atomic mass is 10.1. The minimum Gasteiger partial charge on any atom is -0.438 e. The highest BCUT2D eigenvalue weighted by molar-refractivity contribution is 6.30. The van der Waals surface area contributed by atoms with Crippen molar-refractivity contribution in [3.8, 4) is 17.5 Å². The van der Waals surface area contributed by atoms with Gasteiger partial charge in [0, 0.05) is 10.6 Å². The van der Waals surface area contributed by atoms with Crippen LogP contribution in [0.25, 0.3) is 11.3 Å². The van der Waals surface area contributed by atoms with Gasteiger partial charge in [0.1, 0.15) is 6.54 Å². The first-order valence-corrected chi connectivity index (χ1v) is 7.50. The smallest absolute Gasteiger partial charge is 0.216 e. The van der Waals surface area contributed by atoms with Gasteiger partial charge in [-0.15, -0.1) is 0 Å². The Kier molecular flexibility index (Phi) is 4.31. The Morgan fingerprint density at radius 3 is 2.48 bits per heavy atom. The third kappa shape index (κ3) is 3.36. The first-order valence-electron chi connectivity index (χ1n) is 7.12. The van der Waals surface area contributed by atoms with Crippen molar-refractivity contribution in [3.05, 3.63) is 71.2 Å². The highest BCUT2D eigenvalue weighted by Gasteiger charge is 2.15. The summed E-state index contributed by atoms with van der Waals surface area (Å²) in [4.78, 5) is 5.97. The van der Waals surface area contributed by atoms with Crippen molar-refractivity contribution < 1.29 is 4.42 Å². The van der Waals surface area contributed by atoms with Gasteiger partial charge in [0.05, 0.1) is 11.4 Å². The van der Waals surface area contributed by atoms with Crippen molar-refractivity contribution in [2.75, 3.05) is 4.90 Å². The maximum absolute atomic E-state index is 9.36. The molecular formula is C18H14ClN3O. The number of para-hydroxylation sites is 1. The fourth-order valence-corrected chi connectivity index (χ4v) is 2.44. The van der Waals surface area contributed by atoms with E-state index in [4.69, 9.17) is 16.0 Å². The summed E-state index contributed by atoms with van der Waals surface area (Å²) in [5.41, 5.74) is 2.50. The molecule has 4 nitrogen and oxygen atoms in total. The summed E-state index contributed by atoms with van der Waals surface area (Å²) in [5, 5.41) is 10.0. The Bertz CT molecular complexity index is 835. The highest BCUT2D eigenvalue weighted by Crippen LogP contribution is 2.27. The van der Waals surface area contributed by atoms with E-state index in [1.807, 2.05) is 61.5 Å². The molecule has 0 unspecified atom stereocenters. The molecule has 0 aliphatic rings. The molecule has 0 N–H and O–H groups in total. The van der Waals surface area contributed by atoms with Crippen molar-refractivity contribution in [1.29, 1.82) is 5.26 Å². The van der Waals surface area contributed by atoms with Crippen LogP contribution in [0.3, 0.4) is 0 Å². The van der Waals surface area contributed by atoms with Crippen LogP contribution in [0.2, 0.25) is 5.02 Å². The van der Waals surface area contributed by atoms with Crippen molar-refractivity contribution in [2.24, 2.45) is 0 Å². The summed E-state index contributed by atoms with van der Waals surface area (Å²) in [6.07, 6.45) is 2.16. The molecule has 114 valence electrons. The largest absolute Gasteiger partial charge is 0.438 e. The van der Waals surface area contributed by atoms with E-state index in [2.05, 4.69) is 11.2 Å². The topological polar surface area (TPSA) is 53.1 Å². The zero-order valence-electron chi connectivity index (χ0n) is 12.5. The fraction of sp³-hybridized carbons (Fsp3) is 0.111. The molecule has 0 atom stereocenters. The summed E-state index contributed by atoms with van der Waals surface area (Å²) < 4.78 is 5.85. The van der Waals surface area contributed by atoms with Crippen LogP contribution in [0.4, 0.5) is 5.69 Å². The number of aromatic nitrogens is 1. The molecule has 0 aliphatic heterocycles. The lowest BCUT2D eigenvalue weighted by Crippen LogP contribution is -2.15. The van der Waals surface area contributed by atoms with Crippen LogP contribution >= 0.6 is 11.6 Å². The monoisotopic (exact) mass is 323 g/mol. The Morgan fingerprint density at radius 1 is 1.13 bits per heavy atom. The fourth-order valence-electron chi connectivity index (χ4n) is 2.32. The van der Waals surface area contributed by atoms with Crippen LogP contribution in [0.5, 0.6) is 0 Å². The van der Waals surface area contributed by atoms with Crippen LogP contribution in [0.15, 0.2) is 59.0 Å². The van der Waals surface area contributed by atoms with E-state index in [1.165, 1.54) is 4.90 Å². The molecule has 23 heavy (non-hydrogen) atoms. The van der Waals surface area contributed by atoms with Crippen molar-refractivity contribution in [2.45, 2.75) is 13.5 Å². The molecule has 0 aliphatic carbocycles. The lowest BCUT2D eigenvalue weighted by Gasteiger charge is -2.12. The number of nitriles is 1. The lowest BCUT2D eigenvalue weighted by molar-refractivity contribution is 0.507. The predicted octanol–water partition coefficient (Wildman–Crippen LogP) is 4.79. The van der Waals surface area contributed by atoms with Gasteiger partial charge in [0.25, 0.3) is 0 Å². The second-order valence-electron chi connectivity index (χ2n) is 5.05. The maximum atomic E-state index is 9.36. The van der Waals surface area contributed by atoms with E-state index in [0.29, 0.717) is 16.7 Å². The van der Waals surface area contributed by atoms with Crippen molar-refractivity contribution >= 4 is 17.3 Å². The van der Waals surface area contributed by atoms with E-state index in [9.17, 15) is 5.26 Å². The number of oxazole rings is 1. The molecule has 3 rings (SSSR count). The van der Waals surface area contributed by atoms with Gasteiger partial charge in [-0.2, -0.15) is 5.26 Å². The molecule has 0 amide bonds. The van der Waals surface area contributed by atoms with E-state index >= 15 is 0 Å². The molecule has 0 fully saturated rings. The minimum atomic E-state index is 0.287. The standard InChI is InChI=1S/C18H14ClN3O/c1-13-18(14-7-9-15(19)10-8-14)23-17(21-13)11-22(12-20)16-5-3-2-4-6-16/h2-10H,11H2,1H3. The number of nitrogens with zero attached hydrogens (tertiary/aromatic N) is 3. The third-order valence-corrected chi connectivity index (χ3v) is 3.68. The van der Waals surface area contributed by atoms with Gasteiger partial charge in [-0.25, -0.2) is 4.98 Å². The molecule has 0 saturated heterocycles. The molecule has 0 radical (unpaired) electrons. The average molecular weight is 324 g/mol. The first-order chi connectivity index (χ1) is 11.2. The Hall–Kier alpha value is -2.77. The highest BCUT2D eigenvalue weighted by atomic mass is 35.5. The number of rotatable bonds is 4. The second kappa shape index (κ2) is 6.55. The van der Waals surface area contributed by atoms with Gasteiger partial charge in [-0.05, 0) is 43.3 Å². The number of halogens is 1. The van der Waals surface area contributed by atoms with Gasteiger partial charge in [0.2, 0.25) is 5.89 Å². The van der Waals surface area contributed by atoms with Crippen LogP contribution in [0.1, 0.15) is 11.6 Å². The number of hydrogen-bond donors (Lipinski definition) is 0. The average Bonchev–Trinajstić information content (AvgIpc) is 2.95. The van der Waals surface area contributed by atoms with E-state index in [1.54, 1.807) is 0 Å². The molecular weight excluding hydrogens is 310 g/mol. The minimum absolute atomic E-state index is 0.287. The molecule has 0 bridgehead atoms. The van der Waals surface area contributed by atoms with Crippen LogP contribution < -0.4 is 4.90 Å². The third-order valence-electron chi connectivity index (χ3n) is 3.43. The Labute approximate surface area is 139 Å². The summed E-state index contributed by atoms with van der Waals surface area (Å²) in [7, 11) is 0. The van der Waals surface area contributed by atoms with Gasteiger partial charge in [0.15, 0.2) is 12.0 Å². The SMILES string of the molecule is Cc1nc(CN(C#N)c2ccccc2)oc1-c1ccc(Cl)cc1. The second-order valence-corrected chi connectivity index (χ2v) is 5.49. The van der Waals surface area contributed by atoms with E-state index in [-0.39, 0.29) is 6.54 Å². The van der Waals surface area contributed by atoms with Gasteiger partial charge < -0.3 is 4.42 Å². The zero-order chi connectivity index (χ0) is 16.2. The normalized spacial score (nSPS) is 10.3. The molecule has 1 aromatic heterocycles. The molecule has 1 heterocycles. The molecule has 0 saturated carbocycles. The summed E-state index contributed by atoms with van der Waals surface area (Å²) in [6, 6.07) is 16.8. The Balaban J connectivity index is 1.86. The van der Waals surface area contributed by atoms with Crippen molar-refractivity contribution in [1.82, 2.24) is 4.98 Å². The zero-order valence-corrected chi connectivity index (χ0v) is 13.3. The van der Waals surface area contributed by atoms with E-state index in [0.717, 1.165) is 16.9 Å². The van der Waals surface area contributed by atoms with Crippen molar-refractivity contribution in [3.63, 3.8) is 0 Å². The number of anilines is 1. The van der Waals surface area contributed by atoms with Crippen LogP contribution in [0, 0.1) is 18.4 Å². The summed E-state index contributed by atoms with van der Waals surface area (Å²) >= 11 is 5.91. The molecule has 3 aromatic rings. The predicted molar refractivity (Wildman–Crippen MR) is 89.9 cm³/mol.